The van der Waals surface area contributed by atoms with Gasteiger partial charge in [0.05, 0.1) is 0 Å². The molecule has 2 aromatic heterocycles. The van der Waals surface area contributed by atoms with Gasteiger partial charge in [-0.25, -0.2) is 18.4 Å². The average Bonchev–Trinajstić information content (AvgIpc) is 3.01. The smallest absolute Gasteiger partial charge is 0.248 e. The van der Waals surface area contributed by atoms with Crippen LogP contribution in [0, 0.1) is 0 Å². The van der Waals surface area contributed by atoms with E-state index in [1.54, 1.807) is 19.4 Å². The van der Waals surface area contributed by atoms with Crippen molar-refractivity contribution < 1.29 is 8.42 Å². The van der Waals surface area contributed by atoms with Crippen molar-refractivity contribution in [3.05, 3.63) is 12.4 Å². The van der Waals surface area contributed by atoms with E-state index in [0.717, 1.165) is 51.4 Å². The SMILES string of the molecule is CN(C1CCCCC1)S(=O)(=O)c1c(N)n(C2CCCCC2)c2nccnc12. The molecule has 0 spiro atoms. The van der Waals surface area contributed by atoms with Crippen LogP contribution in [-0.4, -0.2) is 40.3 Å². The van der Waals surface area contributed by atoms with Gasteiger partial charge in [-0.05, 0) is 25.7 Å². The van der Waals surface area contributed by atoms with Crippen LogP contribution in [0.2, 0.25) is 0 Å². The van der Waals surface area contributed by atoms with Crippen molar-refractivity contribution in [1.82, 2.24) is 18.8 Å². The minimum Gasteiger partial charge on any atom is -0.384 e. The first kappa shape index (κ1) is 18.7. The molecule has 27 heavy (non-hydrogen) atoms. The van der Waals surface area contributed by atoms with Gasteiger partial charge in [-0.2, -0.15) is 4.31 Å². The van der Waals surface area contributed by atoms with Gasteiger partial charge in [0.2, 0.25) is 10.0 Å². The maximum Gasteiger partial charge on any atom is 0.248 e. The highest BCUT2D eigenvalue weighted by Crippen LogP contribution is 2.39. The highest BCUT2D eigenvalue weighted by molar-refractivity contribution is 7.89. The second-order valence-electron chi connectivity index (χ2n) is 7.92. The van der Waals surface area contributed by atoms with Crippen LogP contribution >= 0.6 is 0 Å². The molecule has 2 saturated carbocycles. The zero-order chi connectivity index (χ0) is 19.0. The van der Waals surface area contributed by atoms with Crippen LogP contribution in [0.5, 0.6) is 0 Å². The van der Waals surface area contributed by atoms with E-state index in [9.17, 15) is 8.42 Å². The highest BCUT2D eigenvalue weighted by Gasteiger charge is 2.36. The van der Waals surface area contributed by atoms with E-state index in [2.05, 4.69) is 9.97 Å². The van der Waals surface area contributed by atoms with E-state index in [0.29, 0.717) is 17.0 Å². The van der Waals surface area contributed by atoms with Crippen molar-refractivity contribution in [2.45, 2.75) is 81.2 Å². The van der Waals surface area contributed by atoms with Gasteiger partial charge in [0.25, 0.3) is 0 Å². The number of fused-ring (bicyclic) bond motifs is 1. The summed E-state index contributed by atoms with van der Waals surface area (Å²) >= 11 is 0. The Balaban J connectivity index is 1.82. The molecule has 0 aromatic carbocycles. The third kappa shape index (κ3) is 3.23. The summed E-state index contributed by atoms with van der Waals surface area (Å²) in [5.74, 6) is 0.297. The maximum absolute atomic E-state index is 13.5. The predicted octanol–water partition coefficient (Wildman–Crippen LogP) is 3.47. The number of nitrogens with zero attached hydrogens (tertiary/aromatic N) is 4. The molecule has 0 atom stereocenters. The van der Waals surface area contributed by atoms with Gasteiger partial charge in [0, 0.05) is 31.5 Å². The van der Waals surface area contributed by atoms with E-state index >= 15 is 0 Å². The molecule has 4 rings (SSSR count). The van der Waals surface area contributed by atoms with Gasteiger partial charge in [0.15, 0.2) is 10.5 Å². The van der Waals surface area contributed by atoms with Crippen LogP contribution in [0.4, 0.5) is 5.82 Å². The molecule has 0 radical (unpaired) electrons. The topological polar surface area (TPSA) is 94.1 Å². The minimum atomic E-state index is -3.73. The van der Waals surface area contributed by atoms with Crippen LogP contribution in [0.25, 0.3) is 11.2 Å². The number of nitrogens with two attached hydrogens (primary N) is 1. The van der Waals surface area contributed by atoms with Crippen LogP contribution in [0.15, 0.2) is 17.3 Å². The Hall–Kier alpha value is -1.67. The third-order valence-corrected chi connectivity index (χ3v) is 8.26. The number of aromatic nitrogens is 3. The normalized spacial score (nSPS) is 20.5. The number of hydrogen-bond donors (Lipinski definition) is 1. The number of sulfonamides is 1. The van der Waals surface area contributed by atoms with Crippen LogP contribution < -0.4 is 5.73 Å². The fourth-order valence-electron chi connectivity index (χ4n) is 4.76. The van der Waals surface area contributed by atoms with Crippen LogP contribution in [0.3, 0.4) is 0 Å². The Morgan fingerprint density at radius 2 is 1.59 bits per heavy atom. The van der Waals surface area contributed by atoms with Crippen molar-refractivity contribution in [1.29, 1.82) is 0 Å². The quantitative estimate of drug-likeness (QED) is 0.861. The minimum absolute atomic E-state index is 0.0351. The summed E-state index contributed by atoms with van der Waals surface area (Å²) in [6.45, 7) is 0. The Kier molecular flexibility index (Phi) is 5.11. The first-order valence-electron chi connectivity index (χ1n) is 10.1. The summed E-state index contributed by atoms with van der Waals surface area (Å²) in [6, 6.07) is 0.231. The van der Waals surface area contributed by atoms with Crippen molar-refractivity contribution in [3.8, 4) is 0 Å². The third-order valence-electron chi connectivity index (χ3n) is 6.28. The summed E-state index contributed by atoms with van der Waals surface area (Å²) in [6.07, 6.45) is 13.8. The lowest BCUT2D eigenvalue weighted by atomic mass is 9.95. The molecule has 2 fully saturated rings. The molecule has 2 N–H and O–H groups in total. The average molecular weight is 392 g/mol. The van der Waals surface area contributed by atoms with Crippen molar-refractivity contribution in [3.63, 3.8) is 0 Å². The van der Waals surface area contributed by atoms with E-state index in [-0.39, 0.29) is 17.0 Å². The van der Waals surface area contributed by atoms with E-state index < -0.39 is 10.0 Å². The lowest BCUT2D eigenvalue weighted by Crippen LogP contribution is -2.38. The van der Waals surface area contributed by atoms with E-state index in [1.807, 2.05) is 4.57 Å². The molecule has 7 nitrogen and oxygen atoms in total. The summed E-state index contributed by atoms with van der Waals surface area (Å²) in [4.78, 5) is 8.99. The summed E-state index contributed by atoms with van der Waals surface area (Å²) in [5.41, 5.74) is 7.48. The number of nitrogen functional groups attached to an aromatic ring is 1. The second kappa shape index (κ2) is 7.39. The lowest BCUT2D eigenvalue weighted by molar-refractivity contribution is 0.286. The fraction of sp³-hybridized carbons (Fsp3) is 0.684. The van der Waals surface area contributed by atoms with Crippen LogP contribution in [-0.2, 0) is 10.0 Å². The predicted molar refractivity (Wildman–Crippen MR) is 106 cm³/mol. The molecule has 2 heterocycles. The summed E-state index contributed by atoms with van der Waals surface area (Å²) in [5, 5.41) is 0. The number of rotatable bonds is 4. The Bertz CT molecular complexity index is 912. The molecule has 0 bridgehead atoms. The highest BCUT2D eigenvalue weighted by atomic mass is 32.2. The second-order valence-corrected chi connectivity index (χ2v) is 9.85. The van der Waals surface area contributed by atoms with Gasteiger partial charge in [-0.15, -0.1) is 0 Å². The molecule has 0 saturated heterocycles. The number of anilines is 1. The van der Waals surface area contributed by atoms with Crippen molar-refractivity contribution in [2.75, 3.05) is 12.8 Å². The standard InChI is InChI=1S/C19H29N5O2S/c1-23(14-8-4-2-5-9-14)27(25,26)17-16-19(22-13-12-21-16)24(18(17)20)15-10-6-3-7-11-15/h12-15H,2-11,20H2,1H3. The van der Waals surface area contributed by atoms with Gasteiger partial charge in [-0.3, -0.25) is 0 Å². The first-order chi connectivity index (χ1) is 13.0. The molecule has 148 valence electrons. The lowest BCUT2D eigenvalue weighted by Gasteiger charge is -2.30. The monoisotopic (exact) mass is 391 g/mol. The Labute approximate surface area is 161 Å². The molecule has 8 heteroatoms. The molecule has 2 aromatic rings. The maximum atomic E-state index is 13.5. The first-order valence-corrected chi connectivity index (χ1v) is 11.5. The summed E-state index contributed by atoms with van der Waals surface area (Å²) in [7, 11) is -2.04. The Morgan fingerprint density at radius 1 is 1.00 bits per heavy atom. The largest absolute Gasteiger partial charge is 0.384 e. The zero-order valence-corrected chi connectivity index (χ0v) is 16.8. The molecular weight excluding hydrogens is 362 g/mol. The van der Waals surface area contributed by atoms with Gasteiger partial charge >= 0.3 is 0 Å². The van der Waals surface area contributed by atoms with E-state index in [1.165, 1.54) is 17.1 Å². The van der Waals surface area contributed by atoms with Gasteiger partial charge in [0.1, 0.15) is 11.3 Å². The Morgan fingerprint density at radius 3 is 2.26 bits per heavy atom. The fourth-order valence-corrected chi connectivity index (χ4v) is 6.40. The van der Waals surface area contributed by atoms with Crippen molar-refractivity contribution >= 4 is 27.0 Å². The zero-order valence-electron chi connectivity index (χ0n) is 16.0. The number of hydrogen-bond acceptors (Lipinski definition) is 5. The van der Waals surface area contributed by atoms with Crippen molar-refractivity contribution in [2.24, 2.45) is 0 Å². The molecular formula is C19H29N5O2S. The molecule has 2 aliphatic rings. The van der Waals surface area contributed by atoms with E-state index in [4.69, 9.17) is 5.73 Å². The molecule has 0 amide bonds. The molecule has 0 unspecified atom stereocenters. The van der Waals surface area contributed by atoms with Crippen LogP contribution in [0.1, 0.15) is 70.3 Å². The van der Waals surface area contributed by atoms with Gasteiger partial charge in [-0.1, -0.05) is 38.5 Å². The van der Waals surface area contributed by atoms with Gasteiger partial charge < -0.3 is 10.3 Å². The molecule has 0 aliphatic heterocycles. The molecule has 2 aliphatic carbocycles. The summed E-state index contributed by atoms with van der Waals surface area (Å²) < 4.78 is 30.5.